The number of likely N-dealkylation sites (tertiary alicyclic amines) is 1. The lowest BCUT2D eigenvalue weighted by molar-refractivity contribution is -0.141. The molecule has 1 aliphatic carbocycles. The van der Waals surface area contributed by atoms with E-state index in [0.717, 1.165) is 72.8 Å². The van der Waals surface area contributed by atoms with E-state index in [2.05, 4.69) is 46.8 Å². The number of methoxy groups -OCH3 is 1. The second-order valence-electron chi connectivity index (χ2n) is 13.2. The minimum Gasteiger partial charge on any atom is -0.496 e. The number of piperidine rings is 1. The number of carboxylic acid groups (broad SMARTS) is 1. The Morgan fingerprint density at radius 1 is 1.15 bits per heavy atom. The molecule has 1 aromatic heterocycles. The van der Waals surface area contributed by atoms with Crippen molar-refractivity contribution < 1.29 is 32.9 Å². The molecular weight excluding hydrogens is 618 g/mol. The van der Waals surface area contributed by atoms with Crippen molar-refractivity contribution in [3.63, 3.8) is 0 Å². The monoisotopic (exact) mass is 664 g/mol. The number of allylic oxidation sites excluding steroid dienone is 2. The molecule has 48 heavy (non-hydrogen) atoms. The molecule has 0 amide bonds. The van der Waals surface area contributed by atoms with Gasteiger partial charge in [0.05, 0.1) is 37.8 Å². The standard InChI is InChI=1S/C37H46F2N4O5/c1-26-30(27-9-5-4-6-10-27)11-7-12-37(26,48-18-8-14-42-16-19-47-20-17-42)35-40-31-21-28(33(46-3)23-32(31)41(35)2)25-43-15-13-36(38,39)24-29(43)22-34(44)45/h4-7,9-12,21,23,26,29H,8,13-20,22,24-25H2,1-3H3,(H,44,45). The number of imidazole rings is 1. The number of aryl methyl sites for hydroxylation is 1. The van der Waals surface area contributed by atoms with E-state index in [1.807, 2.05) is 42.3 Å². The van der Waals surface area contributed by atoms with Gasteiger partial charge in [-0.15, -0.1) is 0 Å². The maximum atomic E-state index is 14.3. The normalized spacial score (nSPS) is 24.9. The SMILES string of the molecule is COc1cc2c(cc1CN1CCC(F)(F)CC1CC(=O)O)nc(C1(OCCCN3CCOCC3)C=CC=C(c3ccccc3)C1C)n2C. The number of rotatable bonds is 12. The van der Waals surface area contributed by atoms with Crippen molar-refractivity contribution >= 4 is 22.6 Å². The molecule has 0 bridgehead atoms. The number of hydrogen-bond acceptors (Lipinski definition) is 7. The highest BCUT2D eigenvalue weighted by molar-refractivity contribution is 5.80. The zero-order valence-electron chi connectivity index (χ0n) is 28.0. The van der Waals surface area contributed by atoms with Crippen molar-refractivity contribution in [2.75, 3.05) is 53.1 Å². The zero-order valence-corrected chi connectivity index (χ0v) is 28.0. The van der Waals surface area contributed by atoms with Crippen LogP contribution in [0.3, 0.4) is 0 Å². The Labute approximate surface area is 280 Å². The number of carbonyl (C=O) groups is 1. The van der Waals surface area contributed by atoms with Crippen LogP contribution in [-0.4, -0.2) is 95.5 Å². The molecule has 2 saturated heterocycles. The maximum Gasteiger partial charge on any atom is 0.304 e. The van der Waals surface area contributed by atoms with Crippen LogP contribution in [-0.2, 0) is 33.5 Å². The Morgan fingerprint density at radius 2 is 1.92 bits per heavy atom. The molecule has 3 heterocycles. The van der Waals surface area contributed by atoms with Gasteiger partial charge in [0, 0.05) is 82.8 Å². The summed E-state index contributed by atoms with van der Waals surface area (Å²) < 4.78 is 49.0. The first kappa shape index (κ1) is 34.2. The number of hydrogen-bond donors (Lipinski definition) is 1. The van der Waals surface area contributed by atoms with Crippen molar-refractivity contribution in [1.29, 1.82) is 0 Å². The van der Waals surface area contributed by atoms with Gasteiger partial charge >= 0.3 is 5.97 Å². The van der Waals surface area contributed by atoms with Crippen LogP contribution in [0.1, 0.15) is 49.6 Å². The van der Waals surface area contributed by atoms with Gasteiger partial charge in [0.25, 0.3) is 5.92 Å². The summed E-state index contributed by atoms with van der Waals surface area (Å²) in [6.07, 6.45) is 6.04. The third-order valence-electron chi connectivity index (χ3n) is 10.1. The van der Waals surface area contributed by atoms with Crippen molar-refractivity contribution in [2.24, 2.45) is 13.0 Å². The molecule has 3 unspecified atom stereocenters. The van der Waals surface area contributed by atoms with Crippen molar-refractivity contribution in [3.05, 3.63) is 77.6 Å². The minimum absolute atomic E-state index is 0.0723. The van der Waals surface area contributed by atoms with Crippen LogP contribution in [0.4, 0.5) is 8.78 Å². The highest BCUT2D eigenvalue weighted by Gasteiger charge is 2.45. The van der Waals surface area contributed by atoms with Crippen LogP contribution in [0.5, 0.6) is 5.75 Å². The van der Waals surface area contributed by atoms with E-state index in [-0.39, 0.29) is 31.8 Å². The third-order valence-corrected chi connectivity index (χ3v) is 10.1. The quantitative estimate of drug-likeness (QED) is 0.240. The number of alkyl halides is 2. The van der Waals surface area contributed by atoms with Gasteiger partial charge in [-0.3, -0.25) is 14.6 Å². The van der Waals surface area contributed by atoms with Crippen LogP contribution in [0.15, 0.2) is 60.7 Å². The fourth-order valence-corrected chi connectivity index (χ4v) is 7.47. The molecule has 1 N–H and O–H groups in total. The summed E-state index contributed by atoms with van der Waals surface area (Å²) in [5.74, 6) is -2.69. The van der Waals surface area contributed by atoms with E-state index in [4.69, 9.17) is 19.2 Å². The molecule has 2 aliphatic heterocycles. The first-order chi connectivity index (χ1) is 23.1. The number of ether oxygens (including phenoxy) is 3. The summed E-state index contributed by atoms with van der Waals surface area (Å²) in [7, 11) is 3.57. The zero-order chi connectivity index (χ0) is 33.9. The van der Waals surface area contributed by atoms with E-state index in [0.29, 0.717) is 12.4 Å². The molecule has 3 aromatic rings. The summed E-state index contributed by atoms with van der Waals surface area (Å²) in [5.41, 5.74) is 3.77. The molecule has 0 saturated carbocycles. The van der Waals surface area contributed by atoms with Crippen molar-refractivity contribution in [2.45, 2.75) is 56.7 Å². The second kappa shape index (κ2) is 14.5. The number of aliphatic carboxylic acids is 1. The highest BCUT2D eigenvalue weighted by atomic mass is 19.3. The third kappa shape index (κ3) is 7.19. The molecule has 3 aliphatic rings. The first-order valence-corrected chi connectivity index (χ1v) is 16.9. The number of carboxylic acids is 1. The Balaban J connectivity index is 1.34. The Hall–Kier alpha value is -3.64. The van der Waals surface area contributed by atoms with Gasteiger partial charge in [-0.1, -0.05) is 49.4 Å². The molecule has 2 fully saturated rings. The van der Waals surface area contributed by atoms with E-state index >= 15 is 0 Å². The number of morpholine rings is 1. The first-order valence-electron chi connectivity index (χ1n) is 16.9. The summed E-state index contributed by atoms with van der Waals surface area (Å²) in [5, 5.41) is 9.46. The van der Waals surface area contributed by atoms with Crippen LogP contribution in [0, 0.1) is 5.92 Å². The van der Waals surface area contributed by atoms with E-state index < -0.39 is 30.0 Å². The topological polar surface area (TPSA) is 89.3 Å². The number of benzene rings is 2. The van der Waals surface area contributed by atoms with Crippen LogP contribution >= 0.6 is 0 Å². The lowest BCUT2D eigenvalue weighted by Gasteiger charge is -2.39. The molecule has 0 spiro atoms. The van der Waals surface area contributed by atoms with Gasteiger partial charge in [0.2, 0.25) is 0 Å². The Kier molecular flexibility index (Phi) is 10.3. The molecule has 258 valence electrons. The maximum absolute atomic E-state index is 14.3. The van der Waals surface area contributed by atoms with Crippen LogP contribution in [0.2, 0.25) is 0 Å². The molecule has 11 heteroatoms. The van der Waals surface area contributed by atoms with Gasteiger partial charge in [-0.2, -0.15) is 0 Å². The fraction of sp³-hybridized carbons (Fsp3) is 0.514. The van der Waals surface area contributed by atoms with Gasteiger partial charge in [0.15, 0.2) is 5.60 Å². The second-order valence-corrected chi connectivity index (χ2v) is 13.2. The minimum atomic E-state index is -2.88. The average Bonchev–Trinajstić information content (AvgIpc) is 3.40. The van der Waals surface area contributed by atoms with Gasteiger partial charge in [-0.05, 0) is 29.7 Å². The largest absolute Gasteiger partial charge is 0.496 e. The van der Waals surface area contributed by atoms with E-state index in [1.54, 1.807) is 7.11 Å². The Bertz CT molecular complexity index is 1650. The Morgan fingerprint density at radius 3 is 2.65 bits per heavy atom. The van der Waals surface area contributed by atoms with Gasteiger partial charge < -0.3 is 23.9 Å². The average molecular weight is 665 g/mol. The van der Waals surface area contributed by atoms with Crippen LogP contribution < -0.4 is 4.74 Å². The fourth-order valence-electron chi connectivity index (χ4n) is 7.47. The van der Waals surface area contributed by atoms with Gasteiger partial charge in [-0.25, -0.2) is 13.8 Å². The summed E-state index contributed by atoms with van der Waals surface area (Å²) in [6, 6.07) is 13.4. The molecular formula is C37H46F2N4O5. The molecule has 3 atom stereocenters. The predicted molar refractivity (Wildman–Crippen MR) is 180 cm³/mol. The predicted octanol–water partition coefficient (Wildman–Crippen LogP) is 5.88. The smallest absolute Gasteiger partial charge is 0.304 e. The number of nitrogens with zero attached hydrogens (tertiary/aromatic N) is 4. The highest BCUT2D eigenvalue weighted by Crippen LogP contribution is 2.46. The van der Waals surface area contributed by atoms with Crippen molar-refractivity contribution in [3.8, 4) is 5.75 Å². The van der Waals surface area contributed by atoms with Crippen LogP contribution in [0.25, 0.3) is 16.6 Å². The lowest BCUT2D eigenvalue weighted by atomic mass is 9.76. The van der Waals surface area contributed by atoms with Crippen molar-refractivity contribution in [1.82, 2.24) is 19.4 Å². The number of aromatic nitrogens is 2. The summed E-state index contributed by atoms with van der Waals surface area (Å²) in [4.78, 5) is 21.0. The van der Waals surface area contributed by atoms with Gasteiger partial charge in [0.1, 0.15) is 11.6 Å². The number of halogens is 2. The number of fused-ring (bicyclic) bond motifs is 1. The summed E-state index contributed by atoms with van der Waals surface area (Å²) in [6.45, 7) is 7.38. The molecule has 2 aromatic carbocycles. The molecule has 6 rings (SSSR count). The van der Waals surface area contributed by atoms with E-state index in [9.17, 15) is 18.7 Å². The molecule has 9 nitrogen and oxygen atoms in total. The molecule has 0 radical (unpaired) electrons. The lowest BCUT2D eigenvalue weighted by Crippen LogP contribution is -2.47. The summed E-state index contributed by atoms with van der Waals surface area (Å²) >= 11 is 0. The van der Waals surface area contributed by atoms with E-state index in [1.165, 1.54) is 0 Å².